The molecule has 174 valence electrons. The number of rotatable bonds is 7. The Morgan fingerprint density at radius 3 is 2.48 bits per heavy atom. The maximum Gasteiger partial charge on any atom is 0.314 e. The molecule has 0 saturated carbocycles. The van der Waals surface area contributed by atoms with Gasteiger partial charge >= 0.3 is 6.43 Å². The minimum Gasteiger partial charge on any atom is -0.415 e. The molecular formula is C24H25F3N4O2. The molecule has 1 fully saturated rings. The van der Waals surface area contributed by atoms with E-state index in [0.29, 0.717) is 11.3 Å². The lowest BCUT2D eigenvalue weighted by atomic mass is 9.94. The Bertz CT molecular complexity index is 1080. The van der Waals surface area contributed by atoms with Gasteiger partial charge in [0.05, 0.1) is 6.54 Å². The van der Waals surface area contributed by atoms with Crippen LogP contribution in [0, 0.1) is 11.7 Å². The normalized spacial score (nSPS) is 15.2. The molecule has 1 aliphatic rings. The van der Waals surface area contributed by atoms with E-state index >= 15 is 0 Å². The average molecular weight is 458 g/mol. The molecule has 0 bridgehead atoms. The summed E-state index contributed by atoms with van der Waals surface area (Å²) < 4.78 is 45.3. The van der Waals surface area contributed by atoms with E-state index in [4.69, 9.17) is 4.42 Å². The van der Waals surface area contributed by atoms with Gasteiger partial charge in [-0.05, 0) is 56.7 Å². The van der Waals surface area contributed by atoms with Crippen molar-refractivity contribution in [1.29, 1.82) is 0 Å². The molecule has 6 nitrogen and oxygen atoms in total. The Balaban J connectivity index is 1.56. The lowest BCUT2D eigenvalue weighted by molar-refractivity contribution is -0.123. The average Bonchev–Trinajstić information content (AvgIpc) is 3.34. The molecule has 0 aliphatic carbocycles. The first-order chi connectivity index (χ1) is 16.0. The molecule has 3 aromatic rings. The van der Waals surface area contributed by atoms with E-state index in [-0.39, 0.29) is 29.8 Å². The van der Waals surface area contributed by atoms with Crippen LogP contribution in [0.3, 0.4) is 0 Å². The van der Waals surface area contributed by atoms with Crippen LogP contribution in [0.4, 0.5) is 18.9 Å². The second-order valence-corrected chi connectivity index (χ2v) is 8.02. The summed E-state index contributed by atoms with van der Waals surface area (Å²) in [4.78, 5) is 17.4. The highest BCUT2D eigenvalue weighted by atomic mass is 19.3. The van der Waals surface area contributed by atoms with Gasteiger partial charge in [-0.3, -0.25) is 4.79 Å². The number of nitrogens with zero attached hydrogens (tertiary/aromatic N) is 4. The monoisotopic (exact) mass is 458 g/mol. The Labute approximate surface area is 190 Å². The van der Waals surface area contributed by atoms with Crippen molar-refractivity contribution in [3.63, 3.8) is 0 Å². The van der Waals surface area contributed by atoms with E-state index in [1.807, 2.05) is 30.3 Å². The maximum absolute atomic E-state index is 15.0. The van der Waals surface area contributed by atoms with Gasteiger partial charge in [0.25, 0.3) is 5.89 Å². The summed E-state index contributed by atoms with van der Waals surface area (Å²) in [6, 6.07) is 13.4. The standard InChI is InChI=1S/C24H25F3N4O2/c1-2-30-12-10-16(11-13-30)24(32)31(19-6-4-3-5-7-19)15-18-9-8-17(14-20(18)25)22-28-29-23(33-22)21(26)27/h3-9,14,16,21H,2,10-13,15H2,1H3. The summed E-state index contributed by atoms with van der Waals surface area (Å²) in [5.74, 6) is -1.74. The van der Waals surface area contributed by atoms with Crippen LogP contribution in [-0.2, 0) is 11.3 Å². The number of halogens is 3. The van der Waals surface area contributed by atoms with Crippen molar-refractivity contribution in [3.05, 3.63) is 65.8 Å². The van der Waals surface area contributed by atoms with E-state index in [2.05, 4.69) is 22.0 Å². The number of anilines is 1. The Hall–Kier alpha value is -3.20. The SMILES string of the molecule is CCN1CCC(C(=O)N(Cc2ccc(-c3nnc(C(F)F)o3)cc2F)c2ccccc2)CC1. The lowest BCUT2D eigenvalue weighted by Gasteiger charge is -2.34. The zero-order chi connectivity index (χ0) is 23.4. The summed E-state index contributed by atoms with van der Waals surface area (Å²) in [5, 5.41) is 6.83. The minimum atomic E-state index is -2.90. The van der Waals surface area contributed by atoms with Crippen LogP contribution in [0.1, 0.15) is 37.6 Å². The van der Waals surface area contributed by atoms with Gasteiger partial charge in [-0.1, -0.05) is 31.2 Å². The molecule has 4 rings (SSSR count). The zero-order valence-corrected chi connectivity index (χ0v) is 18.3. The largest absolute Gasteiger partial charge is 0.415 e. The van der Waals surface area contributed by atoms with Crippen LogP contribution in [0.15, 0.2) is 52.9 Å². The van der Waals surface area contributed by atoms with Crippen LogP contribution >= 0.6 is 0 Å². The van der Waals surface area contributed by atoms with Gasteiger partial charge in [-0.15, -0.1) is 10.2 Å². The number of aromatic nitrogens is 2. The number of para-hydroxylation sites is 1. The molecule has 0 radical (unpaired) electrons. The van der Waals surface area contributed by atoms with Crippen LogP contribution < -0.4 is 4.90 Å². The van der Waals surface area contributed by atoms with E-state index < -0.39 is 18.1 Å². The maximum atomic E-state index is 15.0. The van der Waals surface area contributed by atoms with Crippen molar-refractivity contribution >= 4 is 11.6 Å². The number of piperidine rings is 1. The summed E-state index contributed by atoms with van der Waals surface area (Å²) in [6.45, 7) is 4.84. The Morgan fingerprint density at radius 1 is 1.15 bits per heavy atom. The summed E-state index contributed by atoms with van der Waals surface area (Å²) in [5.41, 5.74) is 1.19. The second-order valence-electron chi connectivity index (χ2n) is 8.02. The van der Waals surface area contributed by atoms with Crippen LogP contribution in [0.25, 0.3) is 11.5 Å². The topological polar surface area (TPSA) is 62.5 Å². The number of hydrogen-bond acceptors (Lipinski definition) is 5. The minimum absolute atomic E-state index is 0.0288. The fraction of sp³-hybridized carbons (Fsp3) is 0.375. The predicted octanol–water partition coefficient (Wildman–Crippen LogP) is 5.08. The number of hydrogen-bond donors (Lipinski definition) is 0. The first-order valence-electron chi connectivity index (χ1n) is 11.0. The van der Waals surface area contributed by atoms with Crippen molar-refractivity contribution < 1.29 is 22.4 Å². The number of amides is 1. The van der Waals surface area contributed by atoms with Crippen LogP contribution in [-0.4, -0.2) is 40.6 Å². The van der Waals surface area contributed by atoms with Crippen molar-refractivity contribution in [2.24, 2.45) is 5.92 Å². The first kappa shape index (κ1) is 23.0. The van der Waals surface area contributed by atoms with Gasteiger partial charge in [-0.25, -0.2) is 4.39 Å². The number of alkyl halides is 2. The molecule has 0 N–H and O–H groups in total. The third kappa shape index (κ3) is 5.24. The second kappa shape index (κ2) is 10.2. The number of likely N-dealkylation sites (tertiary alicyclic amines) is 1. The van der Waals surface area contributed by atoms with Gasteiger partial charge in [0.15, 0.2) is 0 Å². The van der Waals surface area contributed by atoms with E-state index in [0.717, 1.165) is 38.5 Å². The molecule has 2 aromatic carbocycles. The van der Waals surface area contributed by atoms with Gasteiger partial charge in [-0.2, -0.15) is 8.78 Å². The molecule has 0 unspecified atom stereocenters. The molecule has 33 heavy (non-hydrogen) atoms. The molecular weight excluding hydrogens is 433 g/mol. The molecule has 9 heteroatoms. The van der Waals surface area contributed by atoms with Crippen molar-refractivity contribution in [2.75, 3.05) is 24.5 Å². The van der Waals surface area contributed by atoms with Crippen molar-refractivity contribution in [3.8, 4) is 11.5 Å². The third-order valence-electron chi connectivity index (χ3n) is 5.97. The highest BCUT2D eigenvalue weighted by Crippen LogP contribution is 2.28. The zero-order valence-electron chi connectivity index (χ0n) is 18.3. The van der Waals surface area contributed by atoms with Gasteiger partial charge in [0.1, 0.15) is 5.82 Å². The summed E-state index contributed by atoms with van der Waals surface area (Å²) in [7, 11) is 0. The highest BCUT2D eigenvalue weighted by Gasteiger charge is 2.29. The Morgan fingerprint density at radius 2 is 1.88 bits per heavy atom. The van der Waals surface area contributed by atoms with E-state index in [1.165, 1.54) is 12.1 Å². The molecule has 2 heterocycles. The molecule has 0 atom stereocenters. The van der Waals surface area contributed by atoms with E-state index in [9.17, 15) is 18.0 Å². The van der Waals surface area contributed by atoms with E-state index in [1.54, 1.807) is 4.90 Å². The number of carbonyl (C=O) groups is 1. The lowest BCUT2D eigenvalue weighted by Crippen LogP contribution is -2.42. The van der Waals surface area contributed by atoms with Crippen molar-refractivity contribution in [2.45, 2.75) is 32.7 Å². The molecule has 0 spiro atoms. The third-order valence-corrected chi connectivity index (χ3v) is 5.97. The number of benzene rings is 2. The molecule has 1 aliphatic heterocycles. The molecule has 1 aromatic heterocycles. The van der Waals surface area contributed by atoms with Crippen molar-refractivity contribution in [1.82, 2.24) is 15.1 Å². The van der Waals surface area contributed by atoms with Crippen LogP contribution in [0.2, 0.25) is 0 Å². The Kier molecular flexibility index (Phi) is 7.08. The molecule has 1 saturated heterocycles. The van der Waals surface area contributed by atoms with Crippen LogP contribution in [0.5, 0.6) is 0 Å². The summed E-state index contributed by atoms with van der Waals surface area (Å²) >= 11 is 0. The quantitative estimate of drug-likeness (QED) is 0.494. The summed E-state index contributed by atoms with van der Waals surface area (Å²) in [6.07, 6.45) is -1.37. The fourth-order valence-corrected chi connectivity index (χ4v) is 4.04. The van der Waals surface area contributed by atoms with Gasteiger partial charge in [0, 0.05) is 22.7 Å². The molecule has 1 amide bonds. The number of carbonyl (C=O) groups excluding carboxylic acids is 1. The van der Waals surface area contributed by atoms with Gasteiger partial charge < -0.3 is 14.2 Å². The highest BCUT2D eigenvalue weighted by molar-refractivity contribution is 5.95. The fourth-order valence-electron chi connectivity index (χ4n) is 4.04. The smallest absolute Gasteiger partial charge is 0.314 e. The predicted molar refractivity (Wildman–Crippen MR) is 117 cm³/mol. The van der Waals surface area contributed by atoms with Gasteiger partial charge in [0.2, 0.25) is 11.8 Å². The first-order valence-corrected chi connectivity index (χ1v) is 11.0.